The molecule has 1 saturated heterocycles. The fraction of sp³-hybridized carbons (Fsp3) is 0.538. The molecule has 0 aliphatic carbocycles. The Labute approximate surface area is 102 Å². The Bertz CT molecular complexity index is 427. The lowest BCUT2D eigenvalue weighted by Crippen LogP contribution is -2.45. The first-order chi connectivity index (χ1) is 8.26. The molecule has 17 heavy (non-hydrogen) atoms. The van der Waals surface area contributed by atoms with E-state index in [1.54, 1.807) is 12.3 Å². The third-order valence-corrected chi connectivity index (χ3v) is 3.55. The van der Waals surface area contributed by atoms with Gasteiger partial charge < -0.3 is 10.0 Å². The van der Waals surface area contributed by atoms with E-state index in [0.717, 1.165) is 25.2 Å². The average molecular weight is 231 g/mol. The molecule has 1 fully saturated rings. The van der Waals surface area contributed by atoms with Gasteiger partial charge in [-0.3, -0.25) is 0 Å². The standard InChI is InChI=1S/C13H17N3O/c1-10-12(9-17)3-2-6-16(10)13-7-11(8-14)4-5-15-13/h4-5,7,10,12,17H,2-3,6,9H2,1H3. The second-order valence-corrected chi connectivity index (χ2v) is 4.53. The van der Waals surface area contributed by atoms with Gasteiger partial charge in [-0.05, 0) is 31.9 Å². The normalized spacial score (nSPS) is 24.4. The molecule has 2 atom stereocenters. The minimum atomic E-state index is 0.218. The van der Waals surface area contributed by atoms with Crippen LogP contribution in [0.3, 0.4) is 0 Å². The van der Waals surface area contributed by atoms with Crippen LogP contribution in [0.2, 0.25) is 0 Å². The number of rotatable bonds is 2. The van der Waals surface area contributed by atoms with E-state index in [1.165, 1.54) is 0 Å². The van der Waals surface area contributed by atoms with Crippen LogP contribution in [0.15, 0.2) is 18.3 Å². The first-order valence-electron chi connectivity index (χ1n) is 6.00. The van der Waals surface area contributed by atoms with Gasteiger partial charge in [-0.25, -0.2) is 4.98 Å². The van der Waals surface area contributed by atoms with Crippen LogP contribution in [-0.4, -0.2) is 29.3 Å². The highest BCUT2D eigenvalue weighted by atomic mass is 16.3. The number of hydrogen-bond acceptors (Lipinski definition) is 4. The number of nitriles is 1. The molecule has 4 heteroatoms. The summed E-state index contributed by atoms with van der Waals surface area (Å²) in [5.74, 6) is 1.14. The molecule has 0 bridgehead atoms. The smallest absolute Gasteiger partial charge is 0.130 e. The number of hydrogen-bond donors (Lipinski definition) is 1. The topological polar surface area (TPSA) is 60.1 Å². The molecule has 1 aliphatic rings. The van der Waals surface area contributed by atoms with E-state index in [4.69, 9.17) is 5.26 Å². The number of piperidine rings is 1. The van der Waals surface area contributed by atoms with Crippen LogP contribution in [0.4, 0.5) is 5.82 Å². The van der Waals surface area contributed by atoms with E-state index >= 15 is 0 Å². The first-order valence-corrected chi connectivity index (χ1v) is 6.00. The lowest BCUT2D eigenvalue weighted by atomic mass is 9.91. The SMILES string of the molecule is CC1C(CO)CCCN1c1cc(C#N)ccn1. The molecule has 0 saturated carbocycles. The predicted octanol–water partition coefficient (Wildman–Crippen LogP) is 1.55. The van der Waals surface area contributed by atoms with Crippen molar-refractivity contribution in [1.82, 2.24) is 4.98 Å². The number of anilines is 1. The third-order valence-electron chi connectivity index (χ3n) is 3.55. The molecule has 4 nitrogen and oxygen atoms in total. The van der Waals surface area contributed by atoms with Crippen LogP contribution < -0.4 is 4.90 Å². The van der Waals surface area contributed by atoms with Gasteiger partial charge in [0.2, 0.25) is 0 Å². The molecule has 0 radical (unpaired) electrons. The van der Waals surface area contributed by atoms with Crippen LogP contribution in [-0.2, 0) is 0 Å². The van der Waals surface area contributed by atoms with Crippen molar-refractivity contribution in [2.75, 3.05) is 18.1 Å². The van der Waals surface area contributed by atoms with Crippen LogP contribution in [0.1, 0.15) is 25.3 Å². The minimum Gasteiger partial charge on any atom is -0.396 e. The maximum absolute atomic E-state index is 9.33. The molecule has 1 aliphatic heterocycles. The van der Waals surface area contributed by atoms with E-state index < -0.39 is 0 Å². The number of aromatic nitrogens is 1. The van der Waals surface area contributed by atoms with Crippen molar-refractivity contribution in [3.8, 4) is 6.07 Å². The van der Waals surface area contributed by atoms with Crippen LogP contribution in [0, 0.1) is 17.2 Å². The number of nitrogens with zero attached hydrogens (tertiary/aromatic N) is 3. The highest BCUT2D eigenvalue weighted by molar-refractivity contribution is 5.46. The zero-order valence-electron chi connectivity index (χ0n) is 10.0. The highest BCUT2D eigenvalue weighted by Crippen LogP contribution is 2.27. The summed E-state index contributed by atoms with van der Waals surface area (Å²) in [6.07, 6.45) is 3.79. The monoisotopic (exact) mass is 231 g/mol. The average Bonchev–Trinajstić information content (AvgIpc) is 2.39. The molecule has 2 unspecified atom stereocenters. The Kier molecular flexibility index (Phi) is 3.60. The van der Waals surface area contributed by atoms with Gasteiger partial charge in [0.25, 0.3) is 0 Å². The second-order valence-electron chi connectivity index (χ2n) is 4.53. The molecule has 0 aromatic carbocycles. The largest absolute Gasteiger partial charge is 0.396 e. The molecule has 2 rings (SSSR count). The summed E-state index contributed by atoms with van der Waals surface area (Å²) in [4.78, 5) is 6.51. The van der Waals surface area contributed by atoms with E-state index in [0.29, 0.717) is 11.5 Å². The van der Waals surface area contributed by atoms with E-state index in [1.807, 2.05) is 6.07 Å². The summed E-state index contributed by atoms with van der Waals surface area (Å²) in [5, 5.41) is 18.2. The Morgan fingerprint density at radius 1 is 1.65 bits per heavy atom. The molecule has 1 aromatic heterocycles. The Hall–Kier alpha value is -1.60. The van der Waals surface area contributed by atoms with Gasteiger partial charge in [-0.15, -0.1) is 0 Å². The van der Waals surface area contributed by atoms with E-state index in [2.05, 4.69) is 22.9 Å². The van der Waals surface area contributed by atoms with Gasteiger partial charge >= 0.3 is 0 Å². The number of aliphatic hydroxyl groups excluding tert-OH is 1. The summed E-state index contributed by atoms with van der Waals surface area (Å²) in [5.41, 5.74) is 0.633. The van der Waals surface area contributed by atoms with Crippen molar-refractivity contribution in [1.29, 1.82) is 5.26 Å². The summed E-state index contributed by atoms with van der Waals surface area (Å²) in [6, 6.07) is 5.93. The van der Waals surface area contributed by atoms with Gasteiger partial charge in [-0.1, -0.05) is 0 Å². The minimum absolute atomic E-state index is 0.218. The Morgan fingerprint density at radius 3 is 3.18 bits per heavy atom. The van der Waals surface area contributed by atoms with E-state index in [9.17, 15) is 5.11 Å². The van der Waals surface area contributed by atoms with Crippen molar-refractivity contribution in [2.45, 2.75) is 25.8 Å². The lowest BCUT2D eigenvalue weighted by molar-refractivity contribution is 0.181. The number of pyridine rings is 1. The maximum atomic E-state index is 9.33. The summed E-state index contributed by atoms with van der Waals surface area (Å²) < 4.78 is 0. The maximum Gasteiger partial charge on any atom is 0.130 e. The van der Waals surface area contributed by atoms with Gasteiger partial charge in [0, 0.05) is 31.3 Å². The molecule has 2 heterocycles. The summed E-state index contributed by atoms with van der Waals surface area (Å²) >= 11 is 0. The van der Waals surface area contributed by atoms with E-state index in [-0.39, 0.29) is 12.6 Å². The second kappa shape index (κ2) is 5.15. The molecule has 0 amide bonds. The fourth-order valence-corrected chi connectivity index (χ4v) is 2.44. The van der Waals surface area contributed by atoms with Crippen molar-refractivity contribution in [3.63, 3.8) is 0 Å². The molecule has 1 N–H and O–H groups in total. The zero-order chi connectivity index (χ0) is 12.3. The van der Waals surface area contributed by atoms with Gasteiger partial charge in [0.15, 0.2) is 0 Å². The van der Waals surface area contributed by atoms with Crippen LogP contribution in [0.5, 0.6) is 0 Å². The van der Waals surface area contributed by atoms with Crippen molar-refractivity contribution >= 4 is 5.82 Å². The molecular formula is C13H17N3O. The Balaban J connectivity index is 2.23. The lowest BCUT2D eigenvalue weighted by Gasteiger charge is -2.39. The van der Waals surface area contributed by atoms with Crippen LogP contribution >= 0.6 is 0 Å². The predicted molar refractivity (Wildman–Crippen MR) is 65.6 cm³/mol. The zero-order valence-corrected chi connectivity index (χ0v) is 10.0. The molecule has 1 aromatic rings. The van der Waals surface area contributed by atoms with Gasteiger partial charge in [0.05, 0.1) is 11.6 Å². The molecule has 90 valence electrons. The highest BCUT2D eigenvalue weighted by Gasteiger charge is 2.28. The van der Waals surface area contributed by atoms with Crippen LogP contribution in [0.25, 0.3) is 0 Å². The van der Waals surface area contributed by atoms with Gasteiger partial charge in [0.1, 0.15) is 5.82 Å². The van der Waals surface area contributed by atoms with Crippen molar-refractivity contribution in [2.24, 2.45) is 5.92 Å². The van der Waals surface area contributed by atoms with Gasteiger partial charge in [-0.2, -0.15) is 5.26 Å². The third kappa shape index (κ3) is 2.40. The molecular weight excluding hydrogens is 214 g/mol. The summed E-state index contributed by atoms with van der Waals surface area (Å²) in [6.45, 7) is 3.27. The fourth-order valence-electron chi connectivity index (χ4n) is 2.44. The molecule has 0 spiro atoms. The Morgan fingerprint density at radius 2 is 2.47 bits per heavy atom. The number of aliphatic hydroxyl groups is 1. The quantitative estimate of drug-likeness (QED) is 0.839. The first kappa shape index (κ1) is 11.9. The summed E-state index contributed by atoms with van der Waals surface area (Å²) in [7, 11) is 0. The van der Waals surface area contributed by atoms with Crippen molar-refractivity contribution in [3.05, 3.63) is 23.9 Å². The van der Waals surface area contributed by atoms with Crippen molar-refractivity contribution < 1.29 is 5.11 Å².